The van der Waals surface area contributed by atoms with E-state index in [0.29, 0.717) is 0 Å². The van der Waals surface area contributed by atoms with Gasteiger partial charge in [0.2, 0.25) is 5.92 Å². The molecular formula is C8H14F2O. The first-order valence-electron chi connectivity index (χ1n) is 3.71. The summed E-state index contributed by atoms with van der Waals surface area (Å²) < 4.78 is 24.5. The number of rotatable bonds is 4. The van der Waals surface area contributed by atoms with Crippen molar-refractivity contribution >= 4 is 5.78 Å². The molecule has 66 valence electrons. The third-order valence-corrected chi connectivity index (χ3v) is 1.71. The third-order valence-electron chi connectivity index (χ3n) is 1.71. The van der Waals surface area contributed by atoms with E-state index in [1.54, 1.807) is 6.92 Å². The molecule has 0 spiro atoms. The summed E-state index contributed by atoms with van der Waals surface area (Å²) in [5, 5.41) is 0. The second-order valence-electron chi connectivity index (χ2n) is 3.12. The van der Waals surface area contributed by atoms with Crippen LogP contribution in [0.3, 0.4) is 0 Å². The zero-order valence-corrected chi connectivity index (χ0v) is 7.16. The Morgan fingerprint density at radius 3 is 2.27 bits per heavy atom. The fourth-order valence-electron chi connectivity index (χ4n) is 0.673. The minimum Gasteiger partial charge on any atom is -0.300 e. The van der Waals surface area contributed by atoms with Crippen LogP contribution in [0.2, 0.25) is 0 Å². The molecule has 3 heteroatoms. The van der Waals surface area contributed by atoms with Gasteiger partial charge >= 0.3 is 0 Å². The van der Waals surface area contributed by atoms with Crippen LogP contribution in [-0.2, 0) is 4.79 Å². The van der Waals surface area contributed by atoms with Gasteiger partial charge in [0, 0.05) is 12.3 Å². The second-order valence-corrected chi connectivity index (χ2v) is 3.12. The van der Waals surface area contributed by atoms with Gasteiger partial charge in [-0.3, -0.25) is 4.79 Å². The Balaban J connectivity index is 3.63. The van der Waals surface area contributed by atoms with E-state index in [-0.39, 0.29) is 24.5 Å². The molecule has 1 unspecified atom stereocenters. The van der Waals surface area contributed by atoms with Crippen LogP contribution in [0.1, 0.15) is 33.6 Å². The van der Waals surface area contributed by atoms with Gasteiger partial charge in [-0.2, -0.15) is 0 Å². The number of hydrogen-bond acceptors (Lipinski definition) is 1. The van der Waals surface area contributed by atoms with Gasteiger partial charge in [-0.1, -0.05) is 6.92 Å². The maximum absolute atomic E-state index is 12.2. The second kappa shape index (κ2) is 3.79. The maximum atomic E-state index is 12.2. The summed E-state index contributed by atoms with van der Waals surface area (Å²) >= 11 is 0. The number of carbonyl (C=O) groups is 1. The van der Waals surface area contributed by atoms with Gasteiger partial charge in [0.1, 0.15) is 5.78 Å². The highest BCUT2D eigenvalue weighted by Crippen LogP contribution is 2.21. The van der Waals surface area contributed by atoms with Gasteiger partial charge in [0.05, 0.1) is 0 Å². The number of carbonyl (C=O) groups excluding carboxylic acids is 1. The molecule has 0 rings (SSSR count). The van der Waals surface area contributed by atoms with Crippen molar-refractivity contribution in [3.05, 3.63) is 0 Å². The van der Waals surface area contributed by atoms with Crippen LogP contribution in [-0.4, -0.2) is 11.7 Å². The molecule has 0 amide bonds. The third kappa shape index (κ3) is 5.95. The molecule has 0 aromatic carbocycles. The predicted molar refractivity (Wildman–Crippen MR) is 39.7 cm³/mol. The minimum atomic E-state index is -2.64. The topological polar surface area (TPSA) is 17.1 Å². The minimum absolute atomic E-state index is 0.0192. The fourth-order valence-corrected chi connectivity index (χ4v) is 0.673. The lowest BCUT2D eigenvalue weighted by atomic mass is 10.00. The highest BCUT2D eigenvalue weighted by atomic mass is 19.3. The Hall–Kier alpha value is -0.470. The maximum Gasteiger partial charge on any atom is 0.245 e. The summed E-state index contributed by atoms with van der Waals surface area (Å²) in [5.74, 6) is -2.89. The van der Waals surface area contributed by atoms with Crippen molar-refractivity contribution in [1.29, 1.82) is 0 Å². The lowest BCUT2D eigenvalue weighted by molar-refractivity contribution is -0.120. The molecule has 0 saturated carbocycles. The molecule has 0 saturated heterocycles. The Labute approximate surface area is 65.8 Å². The molecule has 11 heavy (non-hydrogen) atoms. The average Bonchev–Trinajstić information content (AvgIpc) is 1.80. The van der Waals surface area contributed by atoms with Crippen molar-refractivity contribution in [2.45, 2.75) is 39.5 Å². The molecule has 0 aliphatic carbocycles. The number of ketones is 1. The highest BCUT2D eigenvalue weighted by molar-refractivity contribution is 5.77. The highest BCUT2D eigenvalue weighted by Gasteiger charge is 2.22. The van der Waals surface area contributed by atoms with E-state index in [4.69, 9.17) is 0 Å². The average molecular weight is 164 g/mol. The van der Waals surface area contributed by atoms with Gasteiger partial charge in [-0.15, -0.1) is 0 Å². The normalized spacial score (nSPS) is 14.6. The van der Waals surface area contributed by atoms with Crippen molar-refractivity contribution in [3.8, 4) is 0 Å². The summed E-state index contributed by atoms with van der Waals surface area (Å²) in [7, 11) is 0. The van der Waals surface area contributed by atoms with Crippen LogP contribution in [0.5, 0.6) is 0 Å². The first-order chi connectivity index (χ1) is 4.83. The van der Waals surface area contributed by atoms with E-state index in [1.807, 2.05) is 0 Å². The Morgan fingerprint density at radius 2 is 2.00 bits per heavy atom. The van der Waals surface area contributed by atoms with Gasteiger partial charge < -0.3 is 0 Å². The van der Waals surface area contributed by atoms with E-state index in [1.165, 1.54) is 6.92 Å². The monoisotopic (exact) mass is 164 g/mol. The lowest BCUT2D eigenvalue weighted by Gasteiger charge is -2.12. The first-order valence-corrected chi connectivity index (χ1v) is 3.71. The summed E-state index contributed by atoms with van der Waals surface area (Å²) in [6.45, 7) is 3.98. The summed E-state index contributed by atoms with van der Waals surface area (Å²) in [6.07, 6.45) is 0.0760. The van der Waals surface area contributed by atoms with Crippen molar-refractivity contribution in [1.82, 2.24) is 0 Å². The Morgan fingerprint density at radius 1 is 1.55 bits per heavy atom. The predicted octanol–water partition coefficient (Wildman–Crippen LogP) is 2.65. The van der Waals surface area contributed by atoms with E-state index in [9.17, 15) is 13.6 Å². The molecule has 0 bridgehead atoms. The fraction of sp³-hybridized carbons (Fsp3) is 0.875. The van der Waals surface area contributed by atoms with Gasteiger partial charge in [0.25, 0.3) is 0 Å². The number of hydrogen-bond donors (Lipinski definition) is 0. The number of halogens is 2. The molecule has 0 aromatic heterocycles. The van der Waals surface area contributed by atoms with Gasteiger partial charge in [-0.05, 0) is 20.3 Å². The van der Waals surface area contributed by atoms with E-state index >= 15 is 0 Å². The molecule has 0 N–H and O–H groups in total. The molecular weight excluding hydrogens is 150 g/mol. The largest absolute Gasteiger partial charge is 0.300 e. The van der Waals surface area contributed by atoms with Crippen molar-refractivity contribution < 1.29 is 13.6 Å². The molecule has 0 heterocycles. The van der Waals surface area contributed by atoms with Crippen LogP contribution < -0.4 is 0 Å². The number of Topliss-reactive ketones (excluding diaryl/α,β-unsaturated/α-hetero) is 1. The van der Waals surface area contributed by atoms with Crippen LogP contribution in [0.4, 0.5) is 8.78 Å². The molecule has 0 aliphatic rings. The SMILES string of the molecule is CC(=O)C(C)CCC(C)(F)F. The van der Waals surface area contributed by atoms with Crippen molar-refractivity contribution in [2.24, 2.45) is 5.92 Å². The van der Waals surface area contributed by atoms with Crippen molar-refractivity contribution in [2.75, 3.05) is 0 Å². The van der Waals surface area contributed by atoms with Gasteiger partial charge in [-0.25, -0.2) is 8.78 Å². The molecule has 0 aromatic rings. The molecule has 0 aliphatic heterocycles. The van der Waals surface area contributed by atoms with Crippen LogP contribution in [0.25, 0.3) is 0 Å². The number of alkyl halides is 2. The summed E-state index contributed by atoms with van der Waals surface area (Å²) in [6, 6.07) is 0. The molecule has 0 radical (unpaired) electrons. The molecule has 0 fully saturated rings. The van der Waals surface area contributed by atoms with E-state index in [2.05, 4.69) is 0 Å². The van der Waals surface area contributed by atoms with E-state index in [0.717, 1.165) is 6.92 Å². The van der Waals surface area contributed by atoms with Crippen LogP contribution in [0, 0.1) is 5.92 Å². The zero-order chi connectivity index (χ0) is 9.07. The van der Waals surface area contributed by atoms with Crippen LogP contribution in [0.15, 0.2) is 0 Å². The molecule has 1 atom stereocenters. The quantitative estimate of drug-likeness (QED) is 0.624. The first kappa shape index (κ1) is 10.5. The Bertz CT molecular complexity index is 138. The standard InChI is InChI=1S/C8H14F2O/c1-6(7(2)11)4-5-8(3,9)10/h6H,4-5H2,1-3H3. The smallest absolute Gasteiger partial charge is 0.245 e. The van der Waals surface area contributed by atoms with Crippen molar-refractivity contribution in [3.63, 3.8) is 0 Å². The summed E-state index contributed by atoms with van der Waals surface area (Å²) in [4.78, 5) is 10.6. The van der Waals surface area contributed by atoms with E-state index < -0.39 is 5.92 Å². The Kier molecular flexibility index (Phi) is 3.63. The zero-order valence-electron chi connectivity index (χ0n) is 7.16. The lowest BCUT2D eigenvalue weighted by Crippen LogP contribution is -2.14. The molecule has 1 nitrogen and oxygen atoms in total. The van der Waals surface area contributed by atoms with Gasteiger partial charge in [0.15, 0.2) is 0 Å². The van der Waals surface area contributed by atoms with Crippen LogP contribution >= 0.6 is 0 Å². The summed E-state index contributed by atoms with van der Waals surface area (Å²) in [5.41, 5.74) is 0.